The van der Waals surface area contributed by atoms with Gasteiger partial charge in [0.15, 0.2) is 0 Å². The third kappa shape index (κ3) is 5.25. The summed E-state index contributed by atoms with van der Waals surface area (Å²) in [5.74, 6) is 1.13. The Kier molecular flexibility index (Phi) is 7.33. The number of rotatable bonds is 7. The van der Waals surface area contributed by atoms with Crippen molar-refractivity contribution in [1.82, 2.24) is 4.90 Å². The molecule has 1 aliphatic heterocycles. The molecule has 0 bridgehead atoms. The fourth-order valence-corrected chi connectivity index (χ4v) is 5.07. The second kappa shape index (κ2) is 9.73. The highest BCUT2D eigenvalue weighted by molar-refractivity contribution is 5.76. The van der Waals surface area contributed by atoms with Crippen molar-refractivity contribution < 1.29 is 9.18 Å². The van der Waals surface area contributed by atoms with Crippen molar-refractivity contribution in [2.24, 2.45) is 23.5 Å². The number of benzene rings is 1. The quantitative estimate of drug-likeness (QED) is 0.768. The molecular formula is C23H36FN3O. The van der Waals surface area contributed by atoms with E-state index in [4.69, 9.17) is 5.73 Å². The van der Waals surface area contributed by atoms with Crippen LogP contribution in [-0.2, 0) is 4.79 Å². The Hall–Kier alpha value is -1.62. The minimum Gasteiger partial charge on any atom is -0.369 e. The van der Waals surface area contributed by atoms with Gasteiger partial charge >= 0.3 is 0 Å². The molecule has 1 aliphatic carbocycles. The molecule has 0 aromatic heterocycles. The SMILES string of the molecule is CCC(C(N)=O)C1CCC(CCN2CCN(c3ccc(F)c(C)c3)CC2)CC1. The number of nitrogens with two attached hydrogens (primary N) is 1. The number of amides is 1. The zero-order chi connectivity index (χ0) is 20.1. The summed E-state index contributed by atoms with van der Waals surface area (Å²) in [5, 5.41) is 0. The number of primary amides is 1. The van der Waals surface area contributed by atoms with E-state index in [0.29, 0.717) is 5.92 Å². The highest BCUT2D eigenvalue weighted by Gasteiger charge is 2.30. The summed E-state index contributed by atoms with van der Waals surface area (Å²) < 4.78 is 13.5. The number of aryl methyl sites for hydroxylation is 1. The van der Waals surface area contributed by atoms with Crippen molar-refractivity contribution >= 4 is 11.6 Å². The summed E-state index contributed by atoms with van der Waals surface area (Å²) >= 11 is 0. The molecule has 1 aromatic carbocycles. The number of anilines is 1. The van der Waals surface area contributed by atoms with Gasteiger partial charge in [-0.1, -0.05) is 19.8 Å². The van der Waals surface area contributed by atoms with Gasteiger partial charge in [-0.05, 0) is 74.8 Å². The molecule has 2 aliphatic rings. The van der Waals surface area contributed by atoms with Crippen molar-refractivity contribution in [3.05, 3.63) is 29.6 Å². The van der Waals surface area contributed by atoms with Crippen LogP contribution in [0.5, 0.6) is 0 Å². The van der Waals surface area contributed by atoms with Crippen molar-refractivity contribution in [3.8, 4) is 0 Å². The van der Waals surface area contributed by atoms with Crippen LogP contribution < -0.4 is 10.6 Å². The first-order valence-corrected chi connectivity index (χ1v) is 11.0. The number of hydrogen-bond acceptors (Lipinski definition) is 3. The molecule has 156 valence electrons. The van der Waals surface area contributed by atoms with Crippen molar-refractivity contribution in [1.29, 1.82) is 0 Å². The standard InChI is InChI=1S/C23H36FN3O/c1-3-21(23(25)28)19-6-4-18(5-7-19)10-11-26-12-14-27(15-13-26)20-8-9-22(24)17(2)16-20/h8-9,16,18-19,21H,3-7,10-15H2,1-2H3,(H2,25,28). The third-order valence-corrected chi connectivity index (χ3v) is 7.00. The highest BCUT2D eigenvalue weighted by atomic mass is 19.1. The van der Waals surface area contributed by atoms with Crippen LogP contribution >= 0.6 is 0 Å². The molecule has 1 amide bonds. The normalized spacial score (nSPS) is 24.9. The Bertz CT molecular complexity index is 649. The molecule has 1 atom stereocenters. The summed E-state index contributed by atoms with van der Waals surface area (Å²) in [7, 11) is 0. The van der Waals surface area contributed by atoms with E-state index in [9.17, 15) is 9.18 Å². The Labute approximate surface area is 169 Å². The van der Waals surface area contributed by atoms with Crippen LogP contribution in [0, 0.1) is 30.5 Å². The smallest absolute Gasteiger partial charge is 0.220 e. The molecule has 3 rings (SSSR count). The van der Waals surface area contributed by atoms with Crippen LogP contribution in [0.2, 0.25) is 0 Å². The molecule has 0 radical (unpaired) electrons. The fraction of sp³-hybridized carbons (Fsp3) is 0.696. The van der Waals surface area contributed by atoms with Gasteiger partial charge in [0.1, 0.15) is 5.82 Å². The summed E-state index contributed by atoms with van der Waals surface area (Å²) in [6.07, 6.45) is 6.93. The predicted molar refractivity (Wildman–Crippen MR) is 113 cm³/mol. The van der Waals surface area contributed by atoms with Gasteiger partial charge in [-0.3, -0.25) is 9.69 Å². The second-order valence-corrected chi connectivity index (χ2v) is 8.75. The zero-order valence-electron chi connectivity index (χ0n) is 17.5. The van der Waals surface area contributed by atoms with E-state index >= 15 is 0 Å². The fourth-order valence-electron chi connectivity index (χ4n) is 5.07. The van der Waals surface area contributed by atoms with Gasteiger partial charge in [-0.15, -0.1) is 0 Å². The van der Waals surface area contributed by atoms with E-state index in [1.54, 1.807) is 6.07 Å². The maximum atomic E-state index is 13.5. The van der Waals surface area contributed by atoms with E-state index in [1.807, 2.05) is 19.1 Å². The average molecular weight is 390 g/mol. The first-order chi connectivity index (χ1) is 13.5. The first-order valence-electron chi connectivity index (χ1n) is 11.0. The Morgan fingerprint density at radius 2 is 1.86 bits per heavy atom. The van der Waals surface area contributed by atoms with Gasteiger partial charge in [-0.25, -0.2) is 4.39 Å². The molecule has 1 saturated heterocycles. The van der Waals surface area contributed by atoms with Gasteiger partial charge in [0.25, 0.3) is 0 Å². The Morgan fingerprint density at radius 3 is 2.43 bits per heavy atom. The zero-order valence-corrected chi connectivity index (χ0v) is 17.5. The van der Waals surface area contributed by atoms with Crippen LogP contribution in [0.4, 0.5) is 10.1 Å². The lowest BCUT2D eigenvalue weighted by Crippen LogP contribution is -2.47. The Morgan fingerprint density at radius 1 is 1.18 bits per heavy atom. The summed E-state index contributed by atoms with van der Waals surface area (Å²) in [5.41, 5.74) is 7.43. The molecule has 5 heteroatoms. The van der Waals surface area contributed by atoms with Crippen molar-refractivity contribution in [2.45, 2.75) is 52.4 Å². The molecule has 2 fully saturated rings. The number of carbonyl (C=O) groups is 1. The van der Waals surface area contributed by atoms with Crippen LogP contribution in [-0.4, -0.2) is 43.5 Å². The molecule has 1 aromatic rings. The topological polar surface area (TPSA) is 49.6 Å². The lowest BCUT2D eigenvalue weighted by Gasteiger charge is -2.37. The van der Waals surface area contributed by atoms with Gasteiger partial charge in [-0.2, -0.15) is 0 Å². The summed E-state index contributed by atoms with van der Waals surface area (Å²) in [6, 6.07) is 5.43. The number of piperazine rings is 1. The van der Waals surface area contributed by atoms with E-state index in [2.05, 4.69) is 16.7 Å². The highest BCUT2D eigenvalue weighted by Crippen LogP contribution is 2.36. The molecule has 2 N–H and O–H groups in total. The van der Waals surface area contributed by atoms with Crippen LogP contribution in [0.25, 0.3) is 0 Å². The van der Waals surface area contributed by atoms with Crippen molar-refractivity contribution in [2.75, 3.05) is 37.6 Å². The van der Waals surface area contributed by atoms with E-state index in [-0.39, 0.29) is 17.6 Å². The molecule has 1 heterocycles. The minimum absolute atomic E-state index is 0.0733. The molecule has 4 nitrogen and oxygen atoms in total. The number of carbonyl (C=O) groups excluding carboxylic acids is 1. The average Bonchev–Trinajstić information content (AvgIpc) is 2.70. The third-order valence-electron chi connectivity index (χ3n) is 7.00. The van der Waals surface area contributed by atoms with E-state index < -0.39 is 0 Å². The largest absolute Gasteiger partial charge is 0.369 e. The predicted octanol–water partition coefficient (Wildman–Crippen LogP) is 3.96. The molecular weight excluding hydrogens is 353 g/mol. The molecule has 1 saturated carbocycles. The second-order valence-electron chi connectivity index (χ2n) is 8.75. The molecule has 1 unspecified atom stereocenters. The van der Waals surface area contributed by atoms with Crippen LogP contribution in [0.1, 0.15) is 51.0 Å². The van der Waals surface area contributed by atoms with E-state index in [0.717, 1.165) is 62.6 Å². The van der Waals surface area contributed by atoms with Gasteiger partial charge in [0.05, 0.1) is 0 Å². The van der Waals surface area contributed by atoms with Gasteiger partial charge < -0.3 is 10.6 Å². The maximum absolute atomic E-state index is 13.5. The molecule has 28 heavy (non-hydrogen) atoms. The maximum Gasteiger partial charge on any atom is 0.220 e. The Balaban J connectivity index is 1.38. The number of hydrogen-bond donors (Lipinski definition) is 1. The van der Waals surface area contributed by atoms with Gasteiger partial charge in [0, 0.05) is 37.8 Å². The van der Waals surface area contributed by atoms with Crippen molar-refractivity contribution in [3.63, 3.8) is 0 Å². The minimum atomic E-state index is -0.127. The van der Waals surface area contributed by atoms with Crippen LogP contribution in [0.15, 0.2) is 18.2 Å². The lowest BCUT2D eigenvalue weighted by atomic mass is 9.74. The van der Waals surface area contributed by atoms with Crippen LogP contribution in [0.3, 0.4) is 0 Å². The van der Waals surface area contributed by atoms with Gasteiger partial charge in [0.2, 0.25) is 5.91 Å². The number of nitrogens with zero attached hydrogens (tertiary/aromatic N) is 2. The monoisotopic (exact) mass is 389 g/mol. The number of halogens is 1. The first kappa shape index (κ1) is 21.1. The summed E-state index contributed by atoms with van der Waals surface area (Å²) in [6.45, 7) is 9.24. The van der Waals surface area contributed by atoms with E-state index in [1.165, 1.54) is 25.8 Å². The lowest BCUT2D eigenvalue weighted by molar-refractivity contribution is -0.124. The molecule has 0 spiro atoms. The summed E-state index contributed by atoms with van der Waals surface area (Å²) in [4.78, 5) is 16.5.